The summed E-state index contributed by atoms with van der Waals surface area (Å²) in [4.78, 5) is 24.3. The lowest BCUT2D eigenvalue weighted by Gasteiger charge is -2.08. The molecule has 3 aromatic rings. The molecule has 3 rings (SSSR count). The minimum atomic E-state index is -0.171. The zero-order chi connectivity index (χ0) is 14.1. The van der Waals surface area contributed by atoms with Crippen molar-refractivity contribution in [3.05, 3.63) is 47.1 Å². The van der Waals surface area contributed by atoms with Crippen molar-refractivity contribution >= 4 is 28.4 Å². The Balaban J connectivity index is 2.11. The van der Waals surface area contributed by atoms with Gasteiger partial charge in [-0.15, -0.1) is 0 Å². The molecule has 0 aromatic carbocycles. The fourth-order valence-corrected chi connectivity index (χ4v) is 1.93. The van der Waals surface area contributed by atoms with Gasteiger partial charge in [-0.2, -0.15) is 0 Å². The number of nitrogens with one attached hydrogen (secondary N) is 1. The molecule has 0 fully saturated rings. The lowest BCUT2D eigenvalue weighted by atomic mass is 10.2. The Bertz CT molecular complexity index is 827. The number of rotatable bonds is 2. The Kier molecular flexibility index (Phi) is 2.79. The first kappa shape index (κ1) is 12.1. The molecule has 0 unspecified atom stereocenters. The Morgan fingerprint density at radius 1 is 1.30 bits per heavy atom. The zero-order valence-electron chi connectivity index (χ0n) is 10.7. The van der Waals surface area contributed by atoms with Crippen LogP contribution in [0.1, 0.15) is 0 Å². The molecule has 0 bridgehead atoms. The maximum Gasteiger partial charge on any atom is 0.261 e. The van der Waals surface area contributed by atoms with E-state index in [1.165, 1.54) is 4.57 Å². The van der Waals surface area contributed by atoms with Crippen LogP contribution in [-0.2, 0) is 7.05 Å². The van der Waals surface area contributed by atoms with E-state index in [2.05, 4.69) is 20.3 Å². The van der Waals surface area contributed by atoms with E-state index in [9.17, 15) is 4.79 Å². The number of fused-ring (bicyclic) bond motifs is 1. The standard InChI is InChI=1S/C13H12N6O/c1-19-6-3-8-7-9(17-11(14)10(8)12(19)20)18-13-15-4-2-5-16-13/h2-7H,1H3,(H3,14,15,16,17,18). The van der Waals surface area contributed by atoms with Crippen LogP contribution < -0.4 is 16.6 Å². The normalized spacial score (nSPS) is 10.7. The predicted octanol–water partition coefficient (Wildman–Crippen LogP) is 1.05. The Hall–Kier alpha value is -2.96. The highest BCUT2D eigenvalue weighted by Gasteiger charge is 2.08. The smallest absolute Gasteiger partial charge is 0.261 e. The van der Waals surface area contributed by atoms with Gasteiger partial charge in [-0.25, -0.2) is 15.0 Å². The van der Waals surface area contributed by atoms with Crippen LogP contribution in [0, 0.1) is 0 Å². The van der Waals surface area contributed by atoms with Crippen molar-refractivity contribution in [3.8, 4) is 0 Å². The second kappa shape index (κ2) is 4.61. The summed E-state index contributed by atoms with van der Waals surface area (Å²) in [6.45, 7) is 0. The average molecular weight is 268 g/mol. The average Bonchev–Trinajstić information content (AvgIpc) is 2.44. The number of hydrogen-bond acceptors (Lipinski definition) is 6. The van der Waals surface area contributed by atoms with Crippen molar-refractivity contribution in [2.45, 2.75) is 0 Å². The van der Waals surface area contributed by atoms with E-state index >= 15 is 0 Å². The molecule has 7 nitrogen and oxygen atoms in total. The van der Waals surface area contributed by atoms with Crippen molar-refractivity contribution < 1.29 is 0 Å². The van der Waals surface area contributed by atoms with Crippen LogP contribution in [0.3, 0.4) is 0 Å². The van der Waals surface area contributed by atoms with Gasteiger partial charge in [0.05, 0.1) is 5.39 Å². The summed E-state index contributed by atoms with van der Waals surface area (Å²) in [5.74, 6) is 1.10. The molecule has 3 N–H and O–H groups in total. The fraction of sp³-hybridized carbons (Fsp3) is 0.0769. The fourth-order valence-electron chi connectivity index (χ4n) is 1.93. The third-order valence-electron chi connectivity index (χ3n) is 2.90. The van der Waals surface area contributed by atoms with E-state index in [4.69, 9.17) is 5.73 Å². The SMILES string of the molecule is Cn1ccc2cc(Nc3ncccn3)nc(N)c2c1=O. The van der Waals surface area contributed by atoms with Gasteiger partial charge in [0.1, 0.15) is 11.6 Å². The molecule has 0 aliphatic rings. The lowest BCUT2D eigenvalue weighted by molar-refractivity contribution is 0.873. The highest BCUT2D eigenvalue weighted by Crippen LogP contribution is 2.20. The highest BCUT2D eigenvalue weighted by atomic mass is 16.1. The van der Waals surface area contributed by atoms with Gasteiger partial charge in [0.15, 0.2) is 0 Å². The van der Waals surface area contributed by atoms with Crippen LogP contribution >= 0.6 is 0 Å². The third-order valence-corrected chi connectivity index (χ3v) is 2.90. The molecule has 0 atom stereocenters. The van der Waals surface area contributed by atoms with Crippen molar-refractivity contribution in [3.63, 3.8) is 0 Å². The van der Waals surface area contributed by atoms with Gasteiger partial charge in [-0.05, 0) is 23.6 Å². The van der Waals surface area contributed by atoms with Crippen molar-refractivity contribution in [1.82, 2.24) is 19.5 Å². The van der Waals surface area contributed by atoms with Crippen LogP contribution in [0.2, 0.25) is 0 Å². The molecule has 0 radical (unpaired) electrons. The molecule has 0 aliphatic heterocycles. The van der Waals surface area contributed by atoms with E-state index in [0.29, 0.717) is 17.2 Å². The van der Waals surface area contributed by atoms with Crippen molar-refractivity contribution in [1.29, 1.82) is 0 Å². The molecule has 0 spiro atoms. The van der Waals surface area contributed by atoms with E-state index in [-0.39, 0.29) is 11.4 Å². The topological polar surface area (TPSA) is 98.7 Å². The second-order valence-corrected chi connectivity index (χ2v) is 4.29. The molecule has 0 saturated heterocycles. The summed E-state index contributed by atoms with van der Waals surface area (Å²) in [5, 5.41) is 4.08. The molecule has 0 amide bonds. The number of nitrogens with two attached hydrogens (primary N) is 1. The summed E-state index contributed by atoms with van der Waals surface area (Å²) in [5.41, 5.74) is 5.70. The number of nitrogen functional groups attached to an aromatic ring is 1. The minimum Gasteiger partial charge on any atom is -0.383 e. The summed E-state index contributed by atoms with van der Waals surface area (Å²) in [7, 11) is 1.67. The maximum atomic E-state index is 12.0. The van der Waals surface area contributed by atoms with Gasteiger partial charge < -0.3 is 15.6 Å². The number of nitrogens with zero attached hydrogens (tertiary/aromatic N) is 4. The van der Waals surface area contributed by atoms with Crippen LogP contribution in [0.25, 0.3) is 10.8 Å². The summed E-state index contributed by atoms with van der Waals surface area (Å²) in [6, 6.07) is 5.27. The molecular formula is C13H12N6O. The molecule has 3 aromatic heterocycles. The summed E-state index contributed by atoms with van der Waals surface area (Å²) < 4.78 is 1.47. The summed E-state index contributed by atoms with van der Waals surface area (Å²) >= 11 is 0. The molecule has 7 heteroatoms. The van der Waals surface area contributed by atoms with E-state index in [0.717, 1.165) is 5.39 Å². The first-order valence-electron chi connectivity index (χ1n) is 5.95. The Morgan fingerprint density at radius 3 is 2.80 bits per heavy atom. The minimum absolute atomic E-state index is 0.171. The van der Waals surface area contributed by atoms with Gasteiger partial charge in [-0.1, -0.05) is 0 Å². The second-order valence-electron chi connectivity index (χ2n) is 4.29. The number of anilines is 3. The zero-order valence-corrected chi connectivity index (χ0v) is 10.7. The number of aromatic nitrogens is 4. The summed E-state index contributed by atoms with van der Waals surface area (Å²) in [6.07, 6.45) is 4.93. The first-order chi connectivity index (χ1) is 9.65. The highest BCUT2D eigenvalue weighted by molar-refractivity contribution is 5.92. The maximum absolute atomic E-state index is 12.0. The third kappa shape index (κ3) is 2.05. The monoisotopic (exact) mass is 268 g/mol. The van der Waals surface area contributed by atoms with Crippen LogP contribution in [0.4, 0.5) is 17.6 Å². The van der Waals surface area contributed by atoms with Crippen LogP contribution in [-0.4, -0.2) is 19.5 Å². The van der Waals surface area contributed by atoms with Gasteiger partial charge in [0.2, 0.25) is 5.95 Å². The van der Waals surface area contributed by atoms with Crippen molar-refractivity contribution in [2.24, 2.45) is 7.05 Å². The Morgan fingerprint density at radius 2 is 2.05 bits per heavy atom. The number of pyridine rings is 2. The van der Waals surface area contributed by atoms with Gasteiger partial charge in [0.25, 0.3) is 5.56 Å². The van der Waals surface area contributed by atoms with Crippen molar-refractivity contribution in [2.75, 3.05) is 11.1 Å². The van der Waals surface area contributed by atoms with Gasteiger partial charge in [0, 0.05) is 25.6 Å². The van der Waals surface area contributed by atoms with E-state index < -0.39 is 0 Å². The van der Waals surface area contributed by atoms with Gasteiger partial charge >= 0.3 is 0 Å². The Labute approximate surface area is 114 Å². The van der Waals surface area contributed by atoms with E-state index in [1.807, 2.05) is 6.07 Å². The molecule has 0 aliphatic carbocycles. The molecule has 20 heavy (non-hydrogen) atoms. The molecule has 3 heterocycles. The van der Waals surface area contributed by atoms with Crippen LogP contribution in [0.15, 0.2) is 41.6 Å². The molecule has 100 valence electrons. The number of hydrogen-bond donors (Lipinski definition) is 2. The largest absolute Gasteiger partial charge is 0.383 e. The quantitative estimate of drug-likeness (QED) is 0.720. The first-order valence-corrected chi connectivity index (χ1v) is 5.95. The van der Waals surface area contributed by atoms with Crippen LogP contribution in [0.5, 0.6) is 0 Å². The van der Waals surface area contributed by atoms with Gasteiger partial charge in [-0.3, -0.25) is 4.79 Å². The molecular weight excluding hydrogens is 256 g/mol. The lowest BCUT2D eigenvalue weighted by Crippen LogP contribution is -2.17. The predicted molar refractivity (Wildman–Crippen MR) is 76.7 cm³/mol. The van der Waals surface area contributed by atoms with E-state index in [1.54, 1.807) is 37.8 Å². The number of aryl methyl sites for hydroxylation is 1. The molecule has 0 saturated carbocycles.